The van der Waals surface area contributed by atoms with E-state index in [1.165, 1.54) is 0 Å². The molecule has 1 atom stereocenters. The fraction of sp³-hybridized carbons (Fsp3) is 0.588. The summed E-state index contributed by atoms with van der Waals surface area (Å²) in [5.41, 5.74) is -0.107. The third-order valence-electron chi connectivity index (χ3n) is 4.66. The number of ether oxygens (including phenoxy) is 3. The molecule has 1 aromatic carbocycles. The number of urea groups is 1. The van der Waals surface area contributed by atoms with E-state index in [1.54, 1.807) is 18.2 Å². The molecule has 24 heavy (non-hydrogen) atoms. The molecular weight excluding hydrogens is 312 g/mol. The predicted octanol–water partition coefficient (Wildman–Crippen LogP) is 2.25. The Hall–Kier alpha value is -1.99. The second-order valence-electron chi connectivity index (χ2n) is 6.30. The lowest BCUT2D eigenvalue weighted by Gasteiger charge is -2.26. The molecule has 0 aliphatic carbocycles. The van der Waals surface area contributed by atoms with E-state index in [9.17, 15) is 9.90 Å². The molecule has 2 amide bonds. The molecule has 1 fully saturated rings. The van der Waals surface area contributed by atoms with Crippen molar-refractivity contribution < 1.29 is 24.1 Å². The molecule has 2 aliphatic heterocycles. The van der Waals surface area contributed by atoms with Crippen LogP contribution >= 0.6 is 0 Å². The molecule has 0 bridgehead atoms. The first-order valence-electron chi connectivity index (χ1n) is 8.33. The minimum atomic E-state index is -0.708. The van der Waals surface area contributed by atoms with Crippen molar-refractivity contribution in [2.75, 3.05) is 25.1 Å². The van der Waals surface area contributed by atoms with Crippen molar-refractivity contribution >= 4 is 11.7 Å². The smallest absolute Gasteiger partial charge is 0.319 e. The van der Waals surface area contributed by atoms with Crippen LogP contribution in [0.25, 0.3) is 0 Å². The Labute approximate surface area is 141 Å². The molecule has 0 unspecified atom stereocenters. The zero-order chi connectivity index (χ0) is 17.2. The van der Waals surface area contributed by atoms with Gasteiger partial charge in [0.15, 0.2) is 11.5 Å². The molecule has 132 valence electrons. The van der Waals surface area contributed by atoms with Crippen molar-refractivity contribution in [3.8, 4) is 11.5 Å². The maximum absolute atomic E-state index is 12.2. The molecule has 3 rings (SSSR count). The molecule has 0 aromatic heterocycles. The standard InChI is InChI=1S/C17H24N2O5/c1-3-17(4-2)23-13-6-5-12(9-14(13)24-17)18-15(21)19-16(10-20)7-8-22-11-16/h5-6,9,20H,3-4,7-8,10-11H2,1-2H3,(H2,18,19,21)/t16-/m1/s1. The summed E-state index contributed by atoms with van der Waals surface area (Å²) in [4.78, 5) is 12.2. The van der Waals surface area contributed by atoms with Gasteiger partial charge in [-0.2, -0.15) is 0 Å². The molecule has 2 heterocycles. The Morgan fingerprint density at radius 2 is 2.00 bits per heavy atom. The van der Waals surface area contributed by atoms with Crippen LogP contribution in [0.4, 0.5) is 10.5 Å². The number of aliphatic hydroxyl groups excluding tert-OH is 1. The molecule has 0 radical (unpaired) electrons. The van der Waals surface area contributed by atoms with E-state index < -0.39 is 11.3 Å². The lowest BCUT2D eigenvalue weighted by molar-refractivity contribution is -0.0843. The van der Waals surface area contributed by atoms with Gasteiger partial charge in [-0.15, -0.1) is 0 Å². The van der Waals surface area contributed by atoms with E-state index in [0.717, 1.165) is 12.8 Å². The summed E-state index contributed by atoms with van der Waals surface area (Å²) in [6.45, 7) is 4.71. The number of hydrogen-bond donors (Lipinski definition) is 3. The molecule has 0 spiro atoms. The predicted molar refractivity (Wildman–Crippen MR) is 88.4 cm³/mol. The maximum Gasteiger partial charge on any atom is 0.319 e. The number of amides is 2. The molecule has 2 aliphatic rings. The number of rotatable bonds is 5. The molecule has 1 aromatic rings. The van der Waals surface area contributed by atoms with Gasteiger partial charge in [0, 0.05) is 31.2 Å². The van der Waals surface area contributed by atoms with Crippen LogP contribution in [0.3, 0.4) is 0 Å². The minimum absolute atomic E-state index is 0.156. The van der Waals surface area contributed by atoms with Crippen LogP contribution in [0.1, 0.15) is 33.1 Å². The fourth-order valence-electron chi connectivity index (χ4n) is 2.98. The Balaban J connectivity index is 1.66. The third kappa shape index (κ3) is 3.14. The number of benzene rings is 1. The van der Waals surface area contributed by atoms with Crippen LogP contribution in [-0.2, 0) is 4.74 Å². The van der Waals surface area contributed by atoms with Crippen molar-refractivity contribution in [1.82, 2.24) is 5.32 Å². The largest absolute Gasteiger partial charge is 0.448 e. The van der Waals surface area contributed by atoms with Gasteiger partial charge in [0.05, 0.1) is 18.8 Å². The molecule has 7 heteroatoms. The van der Waals surface area contributed by atoms with Gasteiger partial charge in [0.25, 0.3) is 5.79 Å². The van der Waals surface area contributed by atoms with E-state index in [2.05, 4.69) is 10.6 Å². The molecule has 3 N–H and O–H groups in total. The highest BCUT2D eigenvalue weighted by Crippen LogP contribution is 2.43. The topological polar surface area (TPSA) is 89.1 Å². The summed E-state index contributed by atoms with van der Waals surface area (Å²) >= 11 is 0. The number of fused-ring (bicyclic) bond motifs is 1. The molecule has 0 saturated carbocycles. The van der Waals surface area contributed by atoms with Gasteiger partial charge < -0.3 is 30.0 Å². The Bertz CT molecular complexity index is 609. The zero-order valence-electron chi connectivity index (χ0n) is 14.1. The van der Waals surface area contributed by atoms with Crippen LogP contribution in [0.15, 0.2) is 18.2 Å². The number of carbonyl (C=O) groups is 1. The summed E-state index contributed by atoms with van der Waals surface area (Å²) < 4.78 is 17.1. The first-order chi connectivity index (χ1) is 11.5. The average molecular weight is 336 g/mol. The Kier molecular flexibility index (Phi) is 4.56. The highest BCUT2D eigenvalue weighted by atomic mass is 16.7. The van der Waals surface area contributed by atoms with Crippen LogP contribution in [0.5, 0.6) is 11.5 Å². The van der Waals surface area contributed by atoms with Crippen molar-refractivity contribution in [2.24, 2.45) is 0 Å². The lowest BCUT2D eigenvalue weighted by Crippen LogP contribution is -2.53. The molecular formula is C17H24N2O5. The quantitative estimate of drug-likeness (QED) is 0.767. The second kappa shape index (κ2) is 6.49. The Morgan fingerprint density at radius 3 is 2.62 bits per heavy atom. The maximum atomic E-state index is 12.2. The average Bonchev–Trinajstić information content (AvgIpc) is 3.19. The van der Waals surface area contributed by atoms with Crippen LogP contribution < -0.4 is 20.1 Å². The van der Waals surface area contributed by atoms with E-state index in [4.69, 9.17) is 14.2 Å². The monoisotopic (exact) mass is 336 g/mol. The van der Waals surface area contributed by atoms with Gasteiger partial charge in [-0.05, 0) is 18.6 Å². The van der Waals surface area contributed by atoms with E-state index in [1.807, 2.05) is 13.8 Å². The Morgan fingerprint density at radius 1 is 1.25 bits per heavy atom. The first-order valence-corrected chi connectivity index (χ1v) is 8.33. The number of anilines is 1. The lowest BCUT2D eigenvalue weighted by atomic mass is 10.0. The number of nitrogens with one attached hydrogen (secondary N) is 2. The normalized spacial score (nSPS) is 24.0. The van der Waals surface area contributed by atoms with E-state index >= 15 is 0 Å². The van der Waals surface area contributed by atoms with Crippen molar-refractivity contribution in [3.05, 3.63) is 18.2 Å². The summed E-state index contributed by atoms with van der Waals surface area (Å²) in [6.07, 6.45) is 2.06. The van der Waals surface area contributed by atoms with Crippen molar-refractivity contribution in [3.63, 3.8) is 0 Å². The fourth-order valence-corrected chi connectivity index (χ4v) is 2.98. The van der Waals surface area contributed by atoms with Crippen LogP contribution in [-0.4, -0.2) is 42.3 Å². The summed E-state index contributed by atoms with van der Waals surface area (Å²) in [7, 11) is 0. The summed E-state index contributed by atoms with van der Waals surface area (Å²) in [5.74, 6) is 0.684. The summed E-state index contributed by atoms with van der Waals surface area (Å²) in [6, 6.07) is 4.92. The van der Waals surface area contributed by atoms with Crippen molar-refractivity contribution in [1.29, 1.82) is 0 Å². The first kappa shape index (κ1) is 16.9. The van der Waals surface area contributed by atoms with Gasteiger partial charge >= 0.3 is 6.03 Å². The van der Waals surface area contributed by atoms with E-state index in [-0.39, 0.29) is 12.6 Å². The van der Waals surface area contributed by atoms with Gasteiger partial charge in [-0.3, -0.25) is 0 Å². The number of hydrogen-bond acceptors (Lipinski definition) is 5. The SMILES string of the molecule is CCC1(CC)Oc2ccc(NC(=O)N[C@@]3(CO)CCOC3)cc2O1. The van der Waals surface area contributed by atoms with Gasteiger partial charge in [-0.1, -0.05) is 13.8 Å². The molecule has 7 nitrogen and oxygen atoms in total. The minimum Gasteiger partial charge on any atom is -0.448 e. The van der Waals surface area contributed by atoms with Crippen LogP contribution in [0, 0.1) is 0 Å². The van der Waals surface area contributed by atoms with Gasteiger partial charge in [0.2, 0.25) is 0 Å². The van der Waals surface area contributed by atoms with E-state index in [0.29, 0.717) is 36.8 Å². The second-order valence-corrected chi connectivity index (χ2v) is 6.30. The number of aliphatic hydroxyl groups is 1. The third-order valence-corrected chi connectivity index (χ3v) is 4.66. The highest BCUT2D eigenvalue weighted by Gasteiger charge is 2.39. The highest BCUT2D eigenvalue weighted by molar-refractivity contribution is 5.90. The molecule has 1 saturated heterocycles. The van der Waals surface area contributed by atoms with Gasteiger partial charge in [-0.25, -0.2) is 4.79 Å². The van der Waals surface area contributed by atoms with Gasteiger partial charge in [0.1, 0.15) is 0 Å². The number of carbonyl (C=O) groups excluding carboxylic acids is 1. The van der Waals surface area contributed by atoms with Crippen molar-refractivity contribution in [2.45, 2.75) is 44.4 Å². The zero-order valence-corrected chi connectivity index (χ0v) is 14.1. The summed E-state index contributed by atoms with van der Waals surface area (Å²) in [5, 5.41) is 15.1. The van der Waals surface area contributed by atoms with Crippen LogP contribution in [0.2, 0.25) is 0 Å².